The lowest BCUT2D eigenvalue weighted by molar-refractivity contribution is 0.100. The minimum absolute atomic E-state index is 0. The fourth-order valence-corrected chi connectivity index (χ4v) is 1.65. The van der Waals surface area contributed by atoms with Gasteiger partial charge in [0.15, 0.2) is 5.78 Å². The smallest absolute Gasteiger partial charge is 0.176 e. The first-order chi connectivity index (χ1) is 8.22. The molecule has 2 aromatic rings. The van der Waals surface area contributed by atoms with E-state index >= 15 is 0 Å². The third-order valence-electron chi connectivity index (χ3n) is 2.58. The molecule has 0 amide bonds. The molecule has 4 heteroatoms. The van der Waals surface area contributed by atoms with Crippen LogP contribution >= 0.6 is 12.4 Å². The maximum Gasteiger partial charge on any atom is 0.176 e. The predicted molar refractivity (Wildman–Crippen MR) is 72.5 cm³/mol. The number of hydrogen-bond acceptors (Lipinski definition) is 2. The van der Waals surface area contributed by atoms with E-state index in [1.54, 1.807) is 42.5 Å². The van der Waals surface area contributed by atoms with Crippen LogP contribution in [0.3, 0.4) is 0 Å². The van der Waals surface area contributed by atoms with Crippen molar-refractivity contribution in [2.24, 2.45) is 5.73 Å². The van der Waals surface area contributed by atoms with Gasteiger partial charge in [-0.25, -0.2) is 4.39 Å². The van der Waals surface area contributed by atoms with Gasteiger partial charge in [0.1, 0.15) is 5.82 Å². The summed E-state index contributed by atoms with van der Waals surface area (Å²) in [6.45, 7) is -0.0148. The van der Waals surface area contributed by atoms with E-state index < -0.39 is 0 Å². The molecular formula is C14H13ClFNO. The third-order valence-corrected chi connectivity index (χ3v) is 2.58. The molecule has 18 heavy (non-hydrogen) atoms. The Labute approximate surface area is 111 Å². The van der Waals surface area contributed by atoms with Gasteiger partial charge in [0, 0.05) is 11.1 Å². The number of benzene rings is 2. The Hall–Kier alpha value is -1.71. The lowest BCUT2D eigenvalue weighted by Gasteiger charge is -2.04. The highest BCUT2D eigenvalue weighted by Gasteiger charge is 2.06. The molecule has 0 atom stereocenters. The summed E-state index contributed by atoms with van der Waals surface area (Å²) in [7, 11) is 0. The van der Waals surface area contributed by atoms with Crippen molar-refractivity contribution in [1.29, 1.82) is 0 Å². The van der Waals surface area contributed by atoms with E-state index in [4.69, 9.17) is 5.73 Å². The van der Waals surface area contributed by atoms with Gasteiger partial charge in [0.2, 0.25) is 0 Å². The highest BCUT2D eigenvalue weighted by atomic mass is 35.5. The van der Waals surface area contributed by atoms with Crippen LogP contribution in [0.5, 0.6) is 0 Å². The predicted octanol–water partition coefficient (Wildman–Crippen LogP) is 3.06. The zero-order valence-corrected chi connectivity index (χ0v) is 10.4. The summed E-state index contributed by atoms with van der Waals surface area (Å²) in [6, 6.07) is 13.3. The number of carbonyl (C=O) groups is 1. The molecular weight excluding hydrogens is 253 g/mol. The average Bonchev–Trinajstić information content (AvgIpc) is 2.39. The van der Waals surface area contributed by atoms with Crippen LogP contribution in [0.4, 0.5) is 4.39 Å². The molecule has 94 valence electrons. The number of nitrogens with two attached hydrogens (primary N) is 1. The second-order valence-corrected chi connectivity index (χ2v) is 3.68. The molecule has 0 aliphatic rings. The highest BCUT2D eigenvalue weighted by Crippen LogP contribution is 2.22. The zero-order chi connectivity index (χ0) is 12.3. The number of Topliss-reactive ketones (excluding diaryl/α,β-unsaturated/α-hetero) is 1. The number of hydrogen-bond donors (Lipinski definition) is 1. The molecule has 0 aliphatic heterocycles. The lowest BCUT2D eigenvalue weighted by atomic mass is 10.0. The number of ketones is 1. The topological polar surface area (TPSA) is 43.1 Å². The molecule has 0 aliphatic carbocycles. The standard InChI is InChI=1S/C14H12FNO.ClH/c15-13-4-2-1-3-12(13)10-5-7-11(8-6-10)14(17)9-16;/h1-8H,9,16H2;1H. The largest absolute Gasteiger partial charge is 0.324 e. The van der Waals surface area contributed by atoms with Gasteiger partial charge >= 0.3 is 0 Å². The van der Waals surface area contributed by atoms with E-state index in [1.807, 2.05) is 0 Å². The molecule has 0 fully saturated rings. The van der Waals surface area contributed by atoms with E-state index in [1.165, 1.54) is 6.07 Å². The molecule has 0 saturated carbocycles. The Kier molecular flexibility index (Phi) is 5.01. The number of rotatable bonds is 3. The van der Waals surface area contributed by atoms with Crippen LogP contribution < -0.4 is 5.73 Å². The van der Waals surface area contributed by atoms with Gasteiger partial charge in [-0.3, -0.25) is 4.79 Å². The molecule has 2 aromatic carbocycles. The van der Waals surface area contributed by atoms with Crippen LogP contribution in [-0.4, -0.2) is 12.3 Å². The Morgan fingerprint density at radius 2 is 1.67 bits per heavy atom. The summed E-state index contributed by atoms with van der Waals surface area (Å²) >= 11 is 0. The fourth-order valence-electron chi connectivity index (χ4n) is 1.65. The first-order valence-corrected chi connectivity index (χ1v) is 5.30. The van der Waals surface area contributed by atoms with Gasteiger partial charge in [-0.15, -0.1) is 12.4 Å². The monoisotopic (exact) mass is 265 g/mol. The van der Waals surface area contributed by atoms with Crippen molar-refractivity contribution in [3.63, 3.8) is 0 Å². The van der Waals surface area contributed by atoms with Crippen LogP contribution in [-0.2, 0) is 0 Å². The Morgan fingerprint density at radius 1 is 1.06 bits per heavy atom. The van der Waals surface area contributed by atoms with E-state index in [-0.39, 0.29) is 30.6 Å². The van der Waals surface area contributed by atoms with E-state index in [2.05, 4.69) is 0 Å². The Balaban J connectivity index is 0.00000162. The molecule has 0 saturated heterocycles. The normalized spacial score (nSPS) is 9.67. The highest BCUT2D eigenvalue weighted by molar-refractivity contribution is 5.97. The summed E-state index contributed by atoms with van der Waals surface area (Å²) in [5.74, 6) is -0.393. The summed E-state index contributed by atoms with van der Waals surface area (Å²) < 4.78 is 13.5. The van der Waals surface area contributed by atoms with Crippen molar-refractivity contribution in [3.8, 4) is 11.1 Å². The molecule has 0 bridgehead atoms. The molecule has 0 spiro atoms. The van der Waals surface area contributed by atoms with Crippen molar-refractivity contribution in [2.75, 3.05) is 6.54 Å². The van der Waals surface area contributed by atoms with Crippen molar-refractivity contribution >= 4 is 18.2 Å². The second-order valence-electron chi connectivity index (χ2n) is 3.68. The molecule has 0 unspecified atom stereocenters. The SMILES string of the molecule is Cl.NCC(=O)c1ccc(-c2ccccc2F)cc1. The summed E-state index contributed by atoms with van der Waals surface area (Å²) in [6.07, 6.45) is 0. The molecule has 0 aromatic heterocycles. The van der Waals surface area contributed by atoms with Crippen molar-refractivity contribution in [2.45, 2.75) is 0 Å². The maximum absolute atomic E-state index is 13.5. The van der Waals surface area contributed by atoms with Crippen molar-refractivity contribution in [3.05, 3.63) is 59.9 Å². The summed E-state index contributed by atoms with van der Waals surface area (Å²) in [5.41, 5.74) is 7.09. The quantitative estimate of drug-likeness (QED) is 0.867. The number of carbonyl (C=O) groups excluding carboxylic acids is 1. The zero-order valence-electron chi connectivity index (χ0n) is 9.60. The van der Waals surface area contributed by atoms with Gasteiger partial charge in [0.05, 0.1) is 6.54 Å². The Bertz CT molecular complexity index is 540. The molecule has 0 heterocycles. The first kappa shape index (κ1) is 14.4. The summed E-state index contributed by atoms with van der Waals surface area (Å²) in [4.78, 5) is 11.3. The minimum atomic E-state index is -0.273. The van der Waals surface area contributed by atoms with E-state index in [9.17, 15) is 9.18 Å². The summed E-state index contributed by atoms with van der Waals surface area (Å²) in [5, 5.41) is 0. The van der Waals surface area contributed by atoms with Gasteiger partial charge in [-0.1, -0.05) is 42.5 Å². The van der Waals surface area contributed by atoms with Gasteiger partial charge < -0.3 is 5.73 Å². The van der Waals surface area contributed by atoms with Crippen molar-refractivity contribution < 1.29 is 9.18 Å². The molecule has 2 N–H and O–H groups in total. The van der Waals surface area contributed by atoms with E-state index in [0.29, 0.717) is 11.1 Å². The average molecular weight is 266 g/mol. The fraction of sp³-hybridized carbons (Fsp3) is 0.0714. The van der Waals surface area contributed by atoms with E-state index in [0.717, 1.165) is 5.56 Å². The van der Waals surface area contributed by atoms with Crippen molar-refractivity contribution in [1.82, 2.24) is 0 Å². The van der Waals surface area contributed by atoms with Gasteiger partial charge in [0.25, 0.3) is 0 Å². The molecule has 0 radical (unpaired) electrons. The molecule has 2 nitrogen and oxygen atoms in total. The van der Waals surface area contributed by atoms with Crippen LogP contribution in [0.15, 0.2) is 48.5 Å². The second kappa shape index (κ2) is 6.28. The maximum atomic E-state index is 13.5. The first-order valence-electron chi connectivity index (χ1n) is 5.30. The third kappa shape index (κ3) is 2.94. The van der Waals surface area contributed by atoms with Gasteiger partial charge in [-0.05, 0) is 11.6 Å². The van der Waals surface area contributed by atoms with Crippen LogP contribution in [0.1, 0.15) is 10.4 Å². The Morgan fingerprint density at radius 3 is 2.22 bits per heavy atom. The van der Waals surface area contributed by atoms with Crippen LogP contribution in [0.25, 0.3) is 11.1 Å². The number of halogens is 2. The van der Waals surface area contributed by atoms with Crippen LogP contribution in [0.2, 0.25) is 0 Å². The van der Waals surface area contributed by atoms with Crippen LogP contribution in [0, 0.1) is 5.82 Å². The molecule has 2 rings (SSSR count). The van der Waals surface area contributed by atoms with Gasteiger partial charge in [-0.2, -0.15) is 0 Å². The minimum Gasteiger partial charge on any atom is -0.324 e. The lowest BCUT2D eigenvalue weighted by Crippen LogP contribution is -2.13.